The van der Waals surface area contributed by atoms with Crippen molar-refractivity contribution in [1.82, 2.24) is 42.1 Å². The number of carbonyl (C=O) groups is 9. The minimum absolute atomic E-state index is 0.00733. The van der Waals surface area contributed by atoms with Gasteiger partial charge in [-0.3, -0.25) is 38.4 Å². The van der Waals surface area contributed by atoms with Crippen molar-refractivity contribution >= 4 is 53.2 Å². The molecule has 8 amide bonds. The molecule has 0 aliphatic carbocycles. The van der Waals surface area contributed by atoms with E-state index in [1.54, 1.807) is 73.6 Å². The number of likely N-dealkylation sites (N-methyl/N-ethyl adjacent to an activating group) is 1. The van der Waals surface area contributed by atoms with Crippen LogP contribution in [-0.2, 0) is 54.3 Å². The maximum Gasteiger partial charge on any atom is 0.329 e. The predicted molar refractivity (Wildman–Crippen MR) is 289 cm³/mol. The summed E-state index contributed by atoms with van der Waals surface area (Å²) in [7, 11) is 1.41. The second kappa shape index (κ2) is 34.5. The van der Waals surface area contributed by atoms with Crippen molar-refractivity contribution in [3.8, 4) is 5.75 Å². The summed E-state index contributed by atoms with van der Waals surface area (Å²) in [4.78, 5) is 122. The Kier molecular flexibility index (Phi) is 29.9. The number of hydrogen-bond acceptors (Lipinski definition) is 15. The number of unbranched alkanes of at least 4 members (excludes halogenated alkanes) is 4. The largest absolute Gasteiger partial charge is 0.508 e. The van der Waals surface area contributed by atoms with Gasteiger partial charge in [-0.25, -0.2) is 4.79 Å². The molecule has 1 aliphatic rings. The number of phenolic OH excluding ortho intramolecular Hbond substituents is 1. The van der Waals surface area contributed by atoms with Crippen LogP contribution in [0, 0.1) is 23.7 Å². The van der Waals surface area contributed by atoms with E-state index in [1.165, 1.54) is 30.2 Å². The van der Waals surface area contributed by atoms with E-state index in [9.17, 15) is 68.7 Å². The van der Waals surface area contributed by atoms with Crippen molar-refractivity contribution in [2.45, 2.75) is 181 Å². The number of benzene rings is 1. The van der Waals surface area contributed by atoms with E-state index >= 15 is 0 Å². The maximum absolute atomic E-state index is 13.8. The molecule has 0 fully saturated rings. The fraction of sp³-hybridized carbons (Fsp3) is 0.655. The molecule has 78 heavy (non-hydrogen) atoms. The third-order valence-corrected chi connectivity index (χ3v) is 13.2. The van der Waals surface area contributed by atoms with Gasteiger partial charge in [-0.2, -0.15) is 0 Å². The van der Waals surface area contributed by atoms with E-state index in [1.807, 2.05) is 6.08 Å². The number of aliphatic hydroxyl groups is 4. The molecule has 2 rings (SSSR count). The lowest BCUT2D eigenvalue weighted by molar-refractivity contribution is -0.156. The molecule has 10 atom stereocenters. The quantitative estimate of drug-likeness (QED) is 0.0280. The van der Waals surface area contributed by atoms with Crippen molar-refractivity contribution in [1.29, 1.82) is 0 Å². The molecular formula is C55H88N8O15. The number of allylic oxidation sites excluding steroid dienone is 1. The van der Waals surface area contributed by atoms with E-state index < -0.39 is 164 Å². The monoisotopic (exact) mass is 1100 g/mol. The van der Waals surface area contributed by atoms with Crippen molar-refractivity contribution in [3.63, 3.8) is 0 Å². The fourth-order valence-corrected chi connectivity index (χ4v) is 8.25. The zero-order chi connectivity index (χ0) is 58.8. The number of esters is 1. The molecule has 0 saturated carbocycles. The Morgan fingerprint density at radius 3 is 1.68 bits per heavy atom. The van der Waals surface area contributed by atoms with Crippen LogP contribution >= 0.6 is 0 Å². The van der Waals surface area contributed by atoms with E-state index in [0.717, 1.165) is 38.2 Å². The van der Waals surface area contributed by atoms with Crippen LogP contribution in [0.1, 0.15) is 119 Å². The molecular weight excluding hydrogens is 1010 g/mol. The van der Waals surface area contributed by atoms with Crippen LogP contribution in [-0.4, -0.2) is 171 Å². The van der Waals surface area contributed by atoms with Gasteiger partial charge >= 0.3 is 5.97 Å². The lowest BCUT2D eigenvalue weighted by Gasteiger charge is -2.32. The number of nitrogens with one attached hydrogen (secondary N) is 7. The molecule has 1 aromatic carbocycles. The van der Waals surface area contributed by atoms with Gasteiger partial charge in [-0.05, 0) is 54.2 Å². The van der Waals surface area contributed by atoms with Gasteiger partial charge in [-0.1, -0.05) is 112 Å². The summed E-state index contributed by atoms with van der Waals surface area (Å²) in [6, 6.07) is -3.73. The maximum atomic E-state index is 13.8. The lowest BCUT2D eigenvalue weighted by Crippen LogP contribution is -2.58. The third kappa shape index (κ3) is 23.3. The Morgan fingerprint density at radius 1 is 0.705 bits per heavy atom. The summed E-state index contributed by atoms with van der Waals surface area (Å²) < 4.78 is 5.64. The summed E-state index contributed by atoms with van der Waals surface area (Å²) in [6.45, 7) is 13.3. The van der Waals surface area contributed by atoms with Crippen LogP contribution in [0.5, 0.6) is 5.75 Å². The van der Waals surface area contributed by atoms with E-state index in [2.05, 4.69) is 44.1 Å². The Morgan fingerprint density at radius 2 is 1.21 bits per heavy atom. The predicted octanol–water partition coefficient (Wildman–Crippen LogP) is 0.296. The number of amides is 8. The smallest absolute Gasteiger partial charge is 0.329 e. The van der Waals surface area contributed by atoms with Gasteiger partial charge in [0.2, 0.25) is 47.3 Å². The molecule has 0 unspecified atom stereocenters. The van der Waals surface area contributed by atoms with Crippen molar-refractivity contribution in [3.05, 3.63) is 54.1 Å². The average molecular weight is 1100 g/mol. The van der Waals surface area contributed by atoms with Crippen LogP contribution < -0.4 is 37.2 Å². The number of phenols is 1. The van der Waals surface area contributed by atoms with Gasteiger partial charge < -0.3 is 72.4 Å². The molecule has 1 heterocycles. The summed E-state index contributed by atoms with van der Waals surface area (Å²) in [5, 5.41) is 70.2. The highest BCUT2D eigenvalue weighted by Gasteiger charge is 2.37. The summed E-state index contributed by atoms with van der Waals surface area (Å²) in [5.74, 6) is -8.46. The van der Waals surface area contributed by atoms with Crippen LogP contribution in [0.2, 0.25) is 0 Å². The molecule has 23 heteroatoms. The standard InChI is InChI=1S/C55H88N8O15/c1-11-12-13-14-15-16-17-18-43(69)59-48(32(4)5)52(74)57-38(28-64)42(68)27-46(72)62-49(33(6)7)53(75)58-39(29-65)41(67)26-45(71)61-47(31(2)3)51(73)56-36-21-24-44(70)60-50(34(8)9)54(76)63(10)40(55(77)78-30-36)25-35-19-22-37(66)23-20-35/h16-17,19-24,31-34,36,38-42,47-50,64-68H,11-15,18,25-30H2,1-10H3,(H,56,73)(H,57,74)(H,58,75)(H,59,69)(H,60,70)(H,61,71)(H,62,72)/b17-16-,24-21?/t36-,38+,39+,40+,41+,42+,47+,48+,49+,50+/m1/s1. The highest BCUT2D eigenvalue weighted by Crippen LogP contribution is 2.18. The minimum atomic E-state index is -1.73. The summed E-state index contributed by atoms with van der Waals surface area (Å²) in [5.41, 5.74) is 0.591. The molecule has 0 spiro atoms. The SMILES string of the molecule is CCCCCC/C=C\CC(=O)N[C@H](C(=O)N[C@@H](CO)[C@@H](O)CC(=O)N[C@H](C(=O)N[C@@H](CO)[C@@H](O)CC(=O)N[C@H](C(=O)N[C@@H]1C=CC(=O)N[C@@H](C(C)C)C(=O)N(C)[C@@H](Cc2ccc(O)cc2)C(=O)OC1)C(C)C)C(C)C)C(C)C. The Hall–Kier alpha value is -6.43. The van der Waals surface area contributed by atoms with Gasteiger partial charge in [-0.15, -0.1) is 0 Å². The Labute approximate surface area is 458 Å². The zero-order valence-corrected chi connectivity index (χ0v) is 47.0. The molecule has 0 bridgehead atoms. The van der Waals surface area contributed by atoms with E-state index in [4.69, 9.17) is 4.74 Å². The minimum Gasteiger partial charge on any atom is -0.508 e. The second-order valence-corrected chi connectivity index (χ2v) is 21.2. The van der Waals surface area contributed by atoms with Gasteiger partial charge in [0.25, 0.3) is 0 Å². The van der Waals surface area contributed by atoms with Gasteiger partial charge in [0.1, 0.15) is 42.6 Å². The second-order valence-electron chi connectivity index (χ2n) is 21.2. The first-order chi connectivity index (χ1) is 36.7. The molecule has 1 aliphatic heterocycles. The fourth-order valence-electron chi connectivity index (χ4n) is 8.25. The molecule has 0 aromatic heterocycles. The van der Waals surface area contributed by atoms with Crippen LogP contribution in [0.3, 0.4) is 0 Å². The molecule has 1 aromatic rings. The zero-order valence-electron chi connectivity index (χ0n) is 47.0. The molecule has 12 N–H and O–H groups in total. The van der Waals surface area contributed by atoms with Gasteiger partial charge in [0, 0.05) is 26.0 Å². The molecule has 23 nitrogen and oxygen atoms in total. The number of ether oxygens (including phenoxy) is 1. The molecule has 438 valence electrons. The number of nitrogens with zero attached hydrogens (tertiary/aromatic N) is 1. The van der Waals surface area contributed by atoms with E-state index in [0.29, 0.717) is 5.56 Å². The number of aromatic hydroxyl groups is 1. The molecule has 0 saturated heterocycles. The summed E-state index contributed by atoms with van der Waals surface area (Å²) in [6.07, 6.45) is 6.45. The van der Waals surface area contributed by atoms with Crippen LogP contribution in [0.15, 0.2) is 48.6 Å². The Balaban J connectivity index is 2.11. The normalized spacial score (nSPS) is 19.1. The number of hydrogen-bond donors (Lipinski definition) is 12. The first-order valence-electron chi connectivity index (χ1n) is 27.0. The van der Waals surface area contributed by atoms with Crippen molar-refractivity contribution in [2.24, 2.45) is 23.7 Å². The number of aliphatic hydroxyl groups excluding tert-OH is 4. The van der Waals surface area contributed by atoms with Crippen LogP contribution in [0.4, 0.5) is 0 Å². The van der Waals surface area contributed by atoms with Crippen molar-refractivity contribution in [2.75, 3.05) is 26.9 Å². The highest BCUT2D eigenvalue weighted by atomic mass is 16.5. The number of carbonyl (C=O) groups excluding carboxylic acids is 9. The number of rotatable bonds is 30. The topological polar surface area (TPSA) is 351 Å². The first kappa shape index (κ1) is 67.7. The number of cyclic esters (lactones) is 1. The molecule has 0 radical (unpaired) electrons. The van der Waals surface area contributed by atoms with Gasteiger partial charge in [0.05, 0.1) is 56.4 Å². The van der Waals surface area contributed by atoms with Crippen LogP contribution in [0.25, 0.3) is 0 Å². The third-order valence-electron chi connectivity index (χ3n) is 13.2. The highest BCUT2D eigenvalue weighted by molar-refractivity contribution is 5.95. The Bertz CT molecular complexity index is 2190. The first-order valence-corrected chi connectivity index (χ1v) is 27.0. The lowest BCUT2D eigenvalue weighted by atomic mass is 9.99. The van der Waals surface area contributed by atoms with Crippen molar-refractivity contribution < 1.29 is 73.4 Å². The summed E-state index contributed by atoms with van der Waals surface area (Å²) >= 11 is 0. The average Bonchev–Trinajstić information content (AvgIpc) is 3.38. The van der Waals surface area contributed by atoms with Gasteiger partial charge in [0.15, 0.2) is 0 Å². The van der Waals surface area contributed by atoms with E-state index in [-0.39, 0.29) is 24.5 Å².